The lowest BCUT2D eigenvalue weighted by atomic mass is 9.86. The van der Waals surface area contributed by atoms with E-state index in [4.69, 9.17) is 4.74 Å². The van der Waals surface area contributed by atoms with Gasteiger partial charge in [-0.1, -0.05) is 25.8 Å². The molecule has 28 heavy (non-hydrogen) atoms. The fourth-order valence-electron chi connectivity index (χ4n) is 3.22. The molecule has 1 N–H and O–H groups in total. The smallest absolute Gasteiger partial charge is 0.338 e. The molecule has 1 saturated carbocycles. The number of nitrogens with one attached hydrogen (secondary N) is 1. The molecule has 156 valence electrons. The van der Waals surface area contributed by atoms with Crippen LogP contribution < -0.4 is 5.32 Å². The number of carbonyl (C=O) groups excluding carboxylic acids is 2. The number of sulfonamides is 1. The lowest BCUT2D eigenvalue weighted by Crippen LogP contribution is -2.42. The lowest BCUT2D eigenvalue weighted by molar-refractivity contribution is -0.125. The summed E-state index contributed by atoms with van der Waals surface area (Å²) in [6.07, 6.45) is 4.27. The number of hydrogen-bond donors (Lipinski definition) is 1. The standard InChI is InChI=1S/C20H30N2O5S/c1-14(2)22(4)28(25,26)17-10-7-9-16(12-17)20(24)27-13-19(23)21-18-11-6-5-8-15(18)3/h7,9-10,12,14-15,18H,5-6,8,11,13H2,1-4H3,(H,21,23)/t15-,18+/m1/s1. The highest BCUT2D eigenvalue weighted by atomic mass is 32.2. The third kappa shape index (κ3) is 5.54. The van der Waals surface area contributed by atoms with E-state index >= 15 is 0 Å². The van der Waals surface area contributed by atoms with Crippen LogP contribution in [0.3, 0.4) is 0 Å². The van der Waals surface area contributed by atoms with Gasteiger partial charge in [0.05, 0.1) is 10.5 Å². The molecular formula is C20H30N2O5S. The highest BCUT2D eigenvalue weighted by Gasteiger charge is 2.25. The first-order valence-corrected chi connectivity index (χ1v) is 11.1. The Kier molecular flexibility index (Phi) is 7.60. The Bertz CT molecular complexity index is 807. The van der Waals surface area contributed by atoms with Crippen LogP contribution in [-0.4, -0.2) is 50.3 Å². The molecule has 0 aromatic heterocycles. The van der Waals surface area contributed by atoms with Crippen molar-refractivity contribution in [1.82, 2.24) is 9.62 Å². The molecular weight excluding hydrogens is 380 g/mol. The number of amides is 1. The van der Waals surface area contributed by atoms with Crippen LogP contribution in [0, 0.1) is 5.92 Å². The van der Waals surface area contributed by atoms with Crippen LogP contribution in [0.1, 0.15) is 56.8 Å². The van der Waals surface area contributed by atoms with Crippen molar-refractivity contribution in [2.75, 3.05) is 13.7 Å². The van der Waals surface area contributed by atoms with Crippen molar-refractivity contribution in [3.8, 4) is 0 Å². The monoisotopic (exact) mass is 410 g/mol. The first-order chi connectivity index (χ1) is 13.1. The SMILES string of the molecule is CC(C)N(C)S(=O)(=O)c1cccc(C(=O)OCC(=O)N[C@H]2CCCC[C@H]2C)c1. The maximum absolute atomic E-state index is 12.6. The molecule has 0 spiro atoms. The third-order valence-corrected chi connectivity index (χ3v) is 7.30. The quantitative estimate of drug-likeness (QED) is 0.698. The second-order valence-corrected chi connectivity index (χ2v) is 9.65. The molecule has 2 rings (SSSR count). The Labute approximate surface area is 167 Å². The molecule has 1 aliphatic rings. The van der Waals surface area contributed by atoms with E-state index in [0.717, 1.165) is 19.3 Å². The van der Waals surface area contributed by atoms with E-state index in [-0.39, 0.29) is 35.1 Å². The molecule has 8 heteroatoms. The van der Waals surface area contributed by atoms with Gasteiger partial charge >= 0.3 is 5.97 Å². The second kappa shape index (κ2) is 9.52. The van der Waals surface area contributed by atoms with Gasteiger partial charge in [0.15, 0.2) is 6.61 Å². The van der Waals surface area contributed by atoms with Gasteiger partial charge < -0.3 is 10.1 Å². The maximum atomic E-state index is 12.6. The van der Waals surface area contributed by atoms with Gasteiger partial charge in [-0.05, 0) is 50.8 Å². The molecule has 7 nitrogen and oxygen atoms in total. The summed E-state index contributed by atoms with van der Waals surface area (Å²) in [4.78, 5) is 24.4. The fraction of sp³-hybridized carbons (Fsp3) is 0.600. The topological polar surface area (TPSA) is 92.8 Å². The first kappa shape index (κ1) is 22.4. The number of esters is 1. The number of hydrogen-bond acceptors (Lipinski definition) is 5. The summed E-state index contributed by atoms with van der Waals surface area (Å²) < 4.78 is 31.5. The molecule has 1 aliphatic carbocycles. The normalized spacial score (nSPS) is 20.2. The van der Waals surface area contributed by atoms with E-state index in [2.05, 4.69) is 12.2 Å². The van der Waals surface area contributed by atoms with E-state index in [1.807, 2.05) is 0 Å². The van der Waals surface area contributed by atoms with Crippen molar-refractivity contribution in [1.29, 1.82) is 0 Å². The average molecular weight is 411 g/mol. The summed E-state index contributed by atoms with van der Waals surface area (Å²) in [6.45, 7) is 5.25. The van der Waals surface area contributed by atoms with Crippen LogP contribution in [0.15, 0.2) is 29.2 Å². The maximum Gasteiger partial charge on any atom is 0.338 e. The van der Waals surface area contributed by atoms with Crippen molar-refractivity contribution >= 4 is 21.9 Å². The summed E-state index contributed by atoms with van der Waals surface area (Å²) in [5, 5.41) is 2.92. The predicted octanol–water partition coefficient (Wildman–Crippen LogP) is 2.57. The molecule has 0 saturated heterocycles. The van der Waals surface area contributed by atoms with Gasteiger partial charge in [-0.15, -0.1) is 0 Å². The predicted molar refractivity (Wildman–Crippen MR) is 106 cm³/mol. The molecule has 0 aliphatic heterocycles. The number of rotatable bonds is 7. The van der Waals surface area contributed by atoms with E-state index in [1.165, 1.54) is 42.0 Å². The van der Waals surface area contributed by atoms with E-state index < -0.39 is 16.0 Å². The number of carbonyl (C=O) groups is 2. The minimum absolute atomic E-state index is 0.0126. The van der Waals surface area contributed by atoms with Gasteiger partial charge in [-0.3, -0.25) is 4.79 Å². The summed E-state index contributed by atoms with van der Waals surface area (Å²) in [6, 6.07) is 5.56. The second-order valence-electron chi connectivity index (χ2n) is 7.65. The molecule has 1 amide bonds. The summed E-state index contributed by atoms with van der Waals surface area (Å²) >= 11 is 0. The van der Waals surface area contributed by atoms with Crippen LogP contribution in [0.2, 0.25) is 0 Å². The largest absolute Gasteiger partial charge is 0.452 e. The van der Waals surface area contributed by atoms with E-state index in [0.29, 0.717) is 5.92 Å². The van der Waals surface area contributed by atoms with Crippen LogP contribution in [0.25, 0.3) is 0 Å². The van der Waals surface area contributed by atoms with Gasteiger partial charge in [0.2, 0.25) is 10.0 Å². The van der Waals surface area contributed by atoms with Crippen LogP contribution >= 0.6 is 0 Å². The summed E-state index contributed by atoms with van der Waals surface area (Å²) in [5.74, 6) is -0.653. The molecule has 0 heterocycles. The fourth-order valence-corrected chi connectivity index (χ4v) is 4.63. The molecule has 0 unspecified atom stereocenters. The lowest BCUT2D eigenvalue weighted by Gasteiger charge is -2.29. The zero-order chi connectivity index (χ0) is 20.9. The van der Waals surface area contributed by atoms with Crippen molar-refractivity contribution < 1.29 is 22.7 Å². The van der Waals surface area contributed by atoms with Crippen molar-refractivity contribution in [2.24, 2.45) is 5.92 Å². The molecule has 2 atom stereocenters. The van der Waals surface area contributed by atoms with Crippen molar-refractivity contribution in [3.05, 3.63) is 29.8 Å². The highest BCUT2D eigenvalue weighted by molar-refractivity contribution is 7.89. The van der Waals surface area contributed by atoms with Gasteiger partial charge in [0.1, 0.15) is 0 Å². The van der Waals surface area contributed by atoms with Crippen LogP contribution in [0.5, 0.6) is 0 Å². The third-order valence-electron chi connectivity index (χ3n) is 5.27. The number of benzene rings is 1. The zero-order valence-corrected chi connectivity index (χ0v) is 17.8. The van der Waals surface area contributed by atoms with Crippen molar-refractivity contribution in [2.45, 2.75) is 63.4 Å². The zero-order valence-electron chi connectivity index (χ0n) is 17.0. The summed E-state index contributed by atoms with van der Waals surface area (Å²) in [5.41, 5.74) is 0.0945. The first-order valence-electron chi connectivity index (χ1n) is 9.67. The van der Waals surface area contributed by atoms with Crippen LogP contribution in [-0.2, 0) is 19.6 Å². The molecule has 1 aromatic carbocycles. The Hall–Kier alpha value is -1.93. The van der Waals surface area contributed by atoms with Gasteiger partial charge in [-0.2, -0.15) is 4.31 Å². The minimum atomic E-state index is -3.70. The Morgan fingerprint density at radius 3 is 2.57 bits per heavy atom. The van der Waals surface area contributed by atoms with Gasteiger partial charge in [0, 0.05) is 19.1 Å². The molecule has 0 radical (unpaired) electrons. The highest BCUT2D eigenvalue weighted by Crippen LogP contribution is 2.23. The van der Waals surface area contributed by atoms with Gasteiger partial charge in [-0.25, -0.2) is 13.2 Å². The molecule has 1 aromatic rings. The molecule has 0 bridgehead atoms. The number of ether oxygens (including phenoxy) is 1. The van der Waals surface area contributed by atoms with Gasteiger partial charge in [0.25, 0.3) is 5.91 Å². The summed E-state index contributed by atoms with van der Waals surface area (Å²) in [7, 11) is -2.22. The minimum Gasteiger partial charge on any atom is -0.452 e. The average Bonchev–Trinajstić information content (AvgIpc) is 2.67. The Morgan fingerprint density at radius 2 is 1.93 bits per heavy atom. The molecule has 1 fully saturated rings. The van der Waals surface area contributed by atoms with Crippen LogP contribution in [0.4, 0.5) is 0 Å². The number of nitrogens with zero attached hydrogens (tertiary/aromatic N) is 1. The van der Waals surface area contributed by atoms with Crippen molar-refractivity contribution in [3.63, 3.8) is 0 Å². The Morgan fingerprint density at radius 1 is 1.25 bits per heavy atom. The van der Waals surface area contributed by atoms with E-state index in [9.17, 15) is 18.0 Å². The van der Waals surface area contributed by atoms with E-state index in [1.54, 1.807) is 13.8 Å². The Balaban J connectivity index is 1.98.